The maximum absolute atomic E-state index is 15.1. The molecule has 0 unspecified atom stereocenters. The van der Waals surface area contributed by atoms with Gasteiger partial charge in [-0.05, 0) is 56.2 Å². The molecule has 0 aliphatic carbocycles. The molecule has 7 nitrogen and oxygen atoms in total. The Balaban J connectivity index is 1.33. The fraction of sp³-hybridized carbons (Fsp3) is 0.321. The fourth-order valence-corrected chi connectivity index (χ4v) is 4.57. The van der Waals surface area contributed by atoms with Gasteiger partial charge in [0.25, 0.3) is 0 Å². The van der Waals surface area contributed by atoms with E-state index in [9.17, 15) is 0 Å². The molecule has 0 amide bonds. The Kier molecular flexibility index (Phi) is 6.95. The number of nitrogens with zero attached hydrogens (tertiary/aromatic N) is 3. The maximum Gasteiger partial charge on any atom is 0.213 e. The molecule has 4 aromatic rings. The zero-order chi connectivity index (χ0) is 25.1. The van der Waals surface area contributed by atoms with Gasteiger partial charge in [-0.15, -0.1) is 0 Å². The minimum Gasteiger partial charge on any atom is -0.486 e. The summed E-state index contributed by atoms with van der Waals surface area (Å²) in [5.41, 5.74) is 4.91. The first-order chi connectivity index (χ1) is 17.5. The number of rotatable bonds is 7. The number of hydrogen-bond donors (Lipinski definition) is 1. The Morgan fingerprint density at radius 2 is 1.89 bits per heavy atom. The molecule has 3 aromatic heterocycles. The Morgan fingerprint density at radius 1 is 1.11 bits per heavy atom. The van der Waals surface area contributed by atoms with Gasteiger partial charge in [0.2, 0.25) is 5.88 Å². The number of aromatic nitrogens is 4. The van der Waals surface area contributed by atoms with Crippen molar-refractivity contribution in [3.8, 4) is 11.6 Å². The smallest absolute Gasteiger partial charge is 0.213 e. The van der Waals surface area contributed by atoms with Crippen LogP contribution in [0.5, 0.6) is 11.6 Å². The van der Waals surface area contributed by atoms with Crippen molar-refractivity contribution in [1.29, 1.82) is 0 Å². The molecule has 1 aromatic carbocycles. The van der Waals surface area contributed by atoms with E-state index in [1.165, 1.54) is 12.3 Å². The van der Waals surface area contributed by atoms with Crippen LogP contribution in [0.15, 0.2) is 48.9 Å². The summed E-state index contributed by atoms with van der Waals surface area (Å²) in [6.45, 7) is 7.44. The van der Waals surface area contributed by atoms with Crippen molar-refractivity contribution in [2.75, 3.05) is 13.2 Å². The van der Waals surface area contributed by atoms with E-state index in [1.807, 2.05) is 51.4 Å². The lowest BCUT2D eigenvalue weighted by molar-refractivity contribution is 0.0237. The van der Waals surface area contributed by atoms with E-state index in [0.29, 0.717) is 36.1 Å². The van der Waals surface area contributed by atoms with E-state index < -0.39 is 5.83 Å². The van der Waals surface area contributed by atoms with Crippen molar-refractivity contribution >= 4 is 22.8 Å². The lowest BCUT2D eigenvalue weighted by Crippen LogP contribution is -2.26. The van der Waals surface area contributed by atoms with Gasteiger partial charge >= 0.3 is 0 Å². The van der Waals surface area contributed by atoms with Gasteiger partial charge in [0.05, 0.1) is 24.4 Å². The molecule has 0 spiro atoms. The highest BCUT2D eigenvalue weighted by Crippen LogP contribution is 2.30. The number of aryl methyl sites for hydroxylation is 2. The third-order valence-electron chi connectivity index (χ3n) is 6.40. The van der Waals surface area contributed by atoms with Crippen LogP contribution in [-0.4, -0.2) is 39.5 Å². The van der Waals surface area contributed by atoms with E-state index in [0.717, 1.165) is 40.4 Å². The summed E-state index contributed by atoms with van der Waals surface area (Å²) in [6.07, 6.45) is 8.16. The van der Waals surface area contributed by atoms with Crippen LogP contribution in [0.3, 0.4) is 0 Å². The summed E-state index contributed by atoms with van der Waals surface area (Å²) in [5.74, 6) is 0.743. The highest BCUT2D eigenvalue weighted by molar-refractivity contribution is 5.91. The first kappa shape index (κ1) is 23.9. The van der Waals surface area contributed by atoms with E-state index >= 15 is 4.39 Å². The molecular weight excluding hydrogens is 459 g/mol. The first-order valence-electron chi connectivity index (χ1n) is 12.1. The molecule has 1 atom stereocenters. The molecule has 4 heterocycles. The predicted octanol–water partition coefficient (Wildman–Crippen LogP) is 6.14. The third kappa shape index (κ3) is 5.23. The SMILES string of the molecule is Cc1cncc(C)c1[C@@H](C)Oc1ccc2n[nH]c(/C=C(\F)c3ccc(OC4CCOCC4)nc3)c2c1. The van der Waals surface area contributed by atoms with Gasteiger partial charge in [-0.3, -0.25) is 10.1 Å². The molecule has 8 heteroatoms. The normalized spacial score (nSPS) is 15.7. The van der Waals surface area contributed by atoms with Gasteiger partial charge in [-0.2, -0.15) is 5.10 Å². The lowest BCUT2D eigenvalue weighted by atomic mass is 10.0. The summed E-state index contributed by atoms with van der Waals surface area (Å²) < 4.78 is 32.6. The van der Waals surface area contributed by atoms with Gasteiger partial charge in [-0.25, -0.2) is 9.37 Å². The van der Waals surface area contributed by atoms with Crippen LogP contribution < -0.4 is 9.47 Å². The topological polar surface area (TPSA) is 82.2 Å². The Bertz CT molecular complexity index is 1360. The van der Waals surface area contributed by atoms with Crippen molar-refractivity contribution in [3.05, 3.63) is 76.9 Å². The summed E-state index contributed by atoms with van der Waals surface area (Å²) >= 11 is 0. The van der Waals surface area contributed by atoms with E-state index in [2.05, 4.69) is 20.2 Å². The Labute approximate surface area is 209 Å². The zero-order valence-corrected chi connectivity index (χ0v) is 20.6. The Hall–Kier alpha value is -3.78. The van der Waals surface area contributed by atoms with Crippen LogP contribution in [0.25, 0.3) is 22.8 Å². The van der Waals surface area contributed by atoms with Crippen molar-refractivity contribution in [2.24, 2.45) is 0 Å². The van der Waals surface area contributed by atoms with Crippen LogP contribution in [0.1, 0.15) is 53.8 Å². The number of nitrogens with one attached hydrogen (secondary N) is 1. The summed E-state index contributed by atoms with van der Waals surface area (Å²) in [5, 5.41) is 8.00. The average Bonchev–Trinajstić information content (AvgIpc) is 3.27. The van der Waals surface area contributed by atoms with Crippen LogP contribution in [-0.2, 0) is 4.74 Å². The third-order valence-corrected chi connectivity index (χ3v) is 6.40. The number of halogens is 1. The highest BCUT2D eigenvalue weighted by atomic mass is 19.1. The largest absolute Gasteiger partial charge is 0.486 e. The monoisotopic (exact) mass is 488 g/mol. The number of hydrogen-bond acceptors (Lipinski definition) is 6. The van der Waals surface area contributed by atoms with Gasteiger partial charge in [-0.1, -0.05) is 0 Å². The number of ether oxygens (including phenoxy) is 3. The molecule has 1 aliphatic heterocycles. The summed E-state index contributed by atoms with van der Waals surface area (Å²) in [6, 6.07) is 8.97. The number of aromatic amines is 1. The maximum atomic E-state index is 15.1. The van der Waals surface area contributed by atoms with E-state index in [1.54, 1.807) is 12.1 Å². The quantitative estimate of drug-likeness (QED) is 0.337. The standard InChI is InChI=1S/C28H29FN4O3/c1-17-14-30-15-18(2)28(17)19(3)35-22-5-6-25-23(12-22)26(33-32-25)13-24(29)20-4-7-27(31-16-20)36-21-8-10-34-11-9-21/h4-7,12-16,19,21H,8-11H2,1-3H3,(H,32,33)/b24-13-/t19-/m1/s1. The molecule has 1 aliphatic rings. The fourth-order valence-electron chi connectivity index (χ4n) is 4.57. The molecule has 1 N–H and O–H groups in total. The minimum absolute atomic E-state index is 0.0827. The van der Waals surface area contributed by atoms with Crippen molar-refractivity contribution in [2.45, 2.75) is 45.8 Å². The molecule has 36 heavy (non-hydrogen) atoms. The average molecular weight is 489 g/mol. The lowest BCUT2D eigenvalue weighted by Gasteiger charge is -2.22. The molecule has 0 saturated carbocycles. The van der Waals surface area contributed by atoms with Crippen LogP contribution in [0.2, 0.25) is 0 Å². The van der Waals surface area contributed by atoms with Gasteiger partial charge < -0.3 is 14.2 Å². The number of H-pyrrole nitrogens is 1. The minimum atomic E-state index is -0.423. The molecule has 1 fully saturated rings. The van der Waals surface area contributed by atoms with Crippen LogP contribution >= 0.6 is 0 Å². The molecular formula is C28H29FN4O3. The summed E-state index contributed by atoms with van der Waals surface area (Å²) in [7, 11) is 0. The Morgan fingerprint density at radius 3 is 2.61 bits per heavy atom. The number of pyridine rings is 2. The molecule has 0 radical (unpaired) electrons. The second-order valence-corrected chi connectivity index (χ2v) is 9.07. The number of benzene rings is 1. The van der Waals surface area contributed by atoms with Crippen molar-refractivity contribution in [1.82, 2.24) is 20.2 Å². The van der Waals surface area contributed by atoms with Crippen molar-refractivity contribution in [3.63, 3.8) is 0 Å². The zero-order valence-electron chi connectivity index (χ0n) is 20.6. The van der Waals surface area contributed by atoms with Crippen LogP contribution in [0.4, 0.5) is 4.39 Å². The second kappa shape index (κ2) is 10.5. The highest BCUT2D eigenvalue weighted by Gasteiger charge is 2.17. The second-order valence-electron chi connectivity index (χ2n) is 9.07. The molecule has 186 valence electrons. The van der Waals surface area contributed by atoms with Gasteiger partial charge in [0.1, 0.15) is 23.8 Å². The molecule has 0 bridgehead atoms. The van der Waals surface area contributed by atoms with Gasteiger partial charge in [0, 0.05) is 60.1 Å². The predicted molar refractivity (Wildman–Crippen MR) is 137 cm³/mol. The molecule has 1 saturated heterocycles. The number of fused-ring (bicyclic) bond motifs is 1. The summed E-state index contributed by atoms with van der Waals surface area (Å²) in [4.78, 5) is 8.52. The van der Waals surface area contributed by atoms with Crippen LogP contribution in [0, 0.1) is 13.8 Å². The van der Waals surface area contributed by atoms with Crippen molar-refractivity contribution < 1.29 is 18.6 Å². The first-order valence-corrected chi connectivity index (χ1v) is 12.1. The van der Waals surface area contributed by atoms with E-state index in [-0.39, 0.29) is 12.2 Å². The van der Waals surface area contributed by atoms with Gasteiger partial charge in [0.15, 0.2) is 0 Å². The molecule has 5 rings (SSSR count). The van der Waals surface area contributed by atoms with E-state index in [4.69, 9.17) is 14.2 Å².